The fraction of sp³-hybridized carbons (Fsp3) is 0.636. The van der Waals surface area contributed by atoms with Gasteiger partial charge in [-0.15, -0.1) is 0 Å². The molecule has 1 aromatic rings. The molecule has 1 rings (SSSR count). The molecule has 7 nitrogen and oxygen atoms in total. The zero-order valence-electron chi connectivity index (χ0n) is 11.2. The molecule has 108 valence electrons. The highest BCUT2D eigenvalue weighted by Crippen LogP contribution is 2.11. The van der Waals surface area contributed by atoms with Crippen molar-refractivity contribution in [3.63, 3.8) is 0 Å². The summed E-state index contributed by atoms with van der Waals surface area (Å²) in [6.07, 6.45) is 0. The van der Waals surface area contributed by atoms with Crippen molar-refractivity contribution in [3.8, 4) is 0 Å². The minimum absolute atomic E-state index is 0.192. The standard InChI is InChI=1S/C11H18N2O5S/c1-4-13(7-11(14)17-5-2)19(15,16)8-10-6-9(3)18-12-10/h6H,4-5,7-8H2,1-3H3. The molecule has 0 atom stereocenters. The van der Waals surface area contributed by atoms with Gasteiger partial charge in [-0.05, 0) is 13.8 Å². The topological polar surface area (TPSA) is 89.7 Å². The van der Waals surface area contributed by atoms with Gasteiger partial charge in [0.25, 0.3) is 0 Å². The highest BCUT2D eigenvalue weighted by Gasteiger charge is 2.25. The smallest absolute Gasteiger partial charge is 0.321 e. The molecule has 0 bridgehead atoms. The Labute approximate surface area is 112 Å². The van der Waals surface area contributed by atoms with Crippen LogP contribution in [0.5, 0.6) is 0 Å². The summed E-state index contributed by atoms with van der Waals surface area (Å²) in [5.74, 6) is -0.319. The Hall–Kier alpha value is -1.41. The molecule has 0 aliphatic carbocycles. The van der Waals surface area contributed by atoms with Crippen LogP contribution in [0, 0.1) is 6.92 Å². The van der Waals surface area contributed by atoms with Crippen LogP contribution in [0.2, 0.25) is 0 Å². The highest BCUT2D eigenvalue weighted by molar-refractivity contribution is 7.88. The van der Waals surface area contributed by atoms with Gasteiger partial charge in [0.15, 0.2) is 0 Å². The molecule has 0 saturated carbocycles. The second kappa shape index (κ2) is 6.67. The van der Waals surface area contributed by atoms with Gasteiger partial charge in [0.2, 0.25) is 10.0 Å². The normalized spacial score (nSPS) is 11.8. The number of rotatable bonds is 7. The molecule has 0 fully saturated rings. The van der Waals surface area contributed by atoms with E-state index in [-0.39, 0.29) is 25.4 Å². The van der Waals surface area contributed by atoms with E-state index in [9.17, 15) is 13.2 Å². The van der Waals surface area contributed by atoms with E-state index in [1.54, 1.807) is 26.8 Å². The van der Waals surface area contributed by atoms with E-state index in [1.165, 1.54) is 0 Å². The number of sulfonamides is 1. The minimum Gasteiger partial charge on any atom is -0.465 e. The van der Waals surface area contributed by atoms with E-state index >= 15 is 0 Å². The van der Waals surface area contributed by atoms with Crippen LogP contribution in [0.3, 0.4) is 0 Å². The molecule has 0 saturated heterocycles. The number of hydrogen-bond donors (Lipinski definition) is 0. The van der Waals surface area contributed by atoms with Crippen molar-refractivity contribution in [3.05, 3.63) is 17.5 Å². The zero-order chi connectivity index (χ0) is 14.5. The first-order valence-electron chi connectivity index (χ1n) is 5.94. The van der Waals surface area contributed by atoms with Crippen molar-refractivity contribution in [1.82, 2.24) is 9.46 Å². The molecule has 0 unspecified atom stereocenters. The summed E-state index contributed by atoms with van der Waals surface area (Å²) in [5, 5.41) is 3.64. The maximum atomic E-state index is 12.1. The number of hydrogen-bond acceptors (Lipinski definition) is 6. The van der Waals surface area contributed by atoms with Crippen molar-refractivity contribution < 1.29 is 22.5 Å². The average Bonchev–Trinajstić information content (AvgIpc) is 2.71. The van der Waals surface area contributed by atoms with Crippen LogP contribution < -0.4 is 0 Å². The molecule has 1 heterocycles. The van der Waals surface area contributed by atoms with Gasteiger partial charge in [-0.25, -0.2) is 8.42 Å². The monoisotopic (exact) mass is 290 g/mol. The van der Waals surface area contributed by atoms with Gasteiger partial charge in [-0.1, -0.05) is 12.1 Å². The predicted octanol–water partition coefficient (Wildman–Crippen LogP) is 0.698. The van der Waals surface area contributed by atoms with Crippen molar-refractivity contribution in [2.24, 2.45) is 0 Å². The van der Waals surface area contributed by atoms with Crippen LogP contribution in [-0.2, 0) is 25.3 Å². The van der Waals surface area contributed by atoms with E-state index in [2.05, 4.69) is 5.16 Å². The number of likely N-dealkylation sites (N-methyl/N-ethyl adjacent to an activating group) is 1. The van der Waals surface area contributed by atoms with Crippen molar-refractivity contribution in [2.45, 2.75) is 26.5 Å². The number of aryl methyl sites for hydroxylation is 1. The van der Waals surface area contributed by atoms with Gasteiger partial charge < -0.3 is 9.26 Å². The SMILES string of the molecule is CCOC(=O)CN(CC)S(=O)(=O)Cc1cc(C)on1. The first-order chi connectivity index (χ1) is 8.89. The summed E-state index contributed by atoms with van der Waals surface area (Å²) in [6, 6.07) is 1.55. The Bertz CT molecular complexity index is 523. The van der Waals surface area contributed by atoms with E-state index in [0.717, 1.165) is 4.31 Å². The lowest BCUT2D eigenvalue weighted by molar-refractivity contribution is -0.143. The fourth-order valence-corrected chi connectivity index (χ4v) is 2.91. The third-order valence-corrected chi connectivity index (χ3v) is 4.20. The largest absolute Gasteiger partial charge is 0.465 e. The van der Waals surface area contributed by atoms with Gasteiger partial charge >= 0.3 is 5.97 Å². The average molecular weight is 290 g/mol. The molecule has 0 radical (unpaired) electrons. The van der Waals surface area contributed by atoms with Crippen molar-refractivity contribution in [1.29, 1.82) is 0 Å². The number of ether oxygens (including phenoxy) is 1. The molecular weight excluding hydrogens is 272 g/mol. The second-order valence-corrected chi connectivity index (χ2v) is 5.89. The van der Waals surface area contributed by atoms with Crippen molar-refractivity contribution >= 4 is 16.0 Å². The Balaban J connectivity index is 2.75. The summed E-state index contributed by atoms with van der Waals surface area (Å²) in [7, 11) is -3.62. The number of esters is 1. The molecule has 0 amide bonds. The molecule has 0 aliphatic rings. The third kappa shape index (κ3) is 4.64. The number of nitrogens with zero attached hydrogens (tertiary/aromatic N) is 2. The third-order valence-electron chi connectivity index (χ3n) is 2.36. The van der Waals surface area contributed by atoms with Gasteiger partial charge in [0, 0.05) is 12.6 Å². The first-order valence-corrected chi connectivity index (χ1v) is 7.55. The Morgan fingerprint density at radius 3 is 2.63 bits per heavy atom. The fourth-order valence-electron chi connectivity index (χ4n) is 1.52. The lowest BCUT2D eigenvalue weighted by atomic mass is 10.4. The van der Waals surface area contributed by atoms with Crippen LogP contribution in [-0.4, -0.2) is 43.5 Å². The minimum atomic E-state index is -3.62. The summed E-state index contributed by atoms with van der Waals surface area (Å²) in [5.41, 5.74) is 0.319. The van der Waals surface area contributed by atoms with Gasteiger partial charge in [-0.3, -0.25) is 4.79 Å². The molecule has 19 heavy (non-hydrogen) atoms. The summed E-state index contributed by atoms with van der Waals surface area (Å²) < 4.78 is 34.9. The van der Waals surface area contributed by atoms with E-state index in [0.29, 0.717) is 11.5 Å². The molecule has 0 aliphatic heterocycles. The van der Waals surface area contributed by atoms with E-state index in [1.807, 2.05) is 0 Å². The molecule has 8 heteroatoms. The lowest BCUT2D eigenvalue weighted by Crippen LogP contribution is -2.37. The number of aromatic nitrogens is 1. The van der Waals surface area contributed by atoms with Crippen LogP contribution in [0.1, 0.15) is 25.3 Å². The molecular formula is C11H18N2O5S. The maximum Gasteiger partial charge on any atom is 0.321 e. The van der Waals surface area contributed by atoms with E-state index in [4.69, 9.17) is 9.26 Å². The van der Waals surface area contributed by atoms with Crippen LogP contribution in [0.4, 0.5) is 0 Å². The van der Waals surface area contributed by atoms with E-state index < -0.39 is 16.0 Å². The molecule has 0 aromatic carbocycles. The maximum absolute atomic E-state index is 12.1. The lowest BCUT2D eigenvalue weighted by Gasteiger charge is -2.18. The van der Waals surface area contributed by atoms with Gasteiger partial charge in [0.1, 0.15) is 23.8 Å². The molecule has 1 aromatic heterocycles. The number of carbonyl (C=O) groups excluding carboxylic acids is 1. The second-order valence-electron chi connectivity index (χ2n) is 3.92. The quantitative estimate of drug-likeness (QED) is 0.687. The van der Waals surface area contributed by atoms with Gasteiger partial charge in [-0.2, -0.15) is 4.31 Å². The van der Waals surface area contributed by atoms with Crippen molar-refractivity contribution in [2.75, 3.05) is 19.7 Å². The molecule has 0 spiro atoms. The zero-order valence-corrected chi connectivity index (χ0v) is 12.1. The van der Waals surface area contributed by atoms with Gasteiger partial charge in [0.05, 0.1) is 6.61 Å². The Morgan fingerprint density at radius 2 is 2.16 bits per heavy atom. The predicted molar refractivity (Wildman–Crippen MR) is 67.7 cm³/mol. The first kappa shape index (κ1) is 15.6. The Kier molecular flexibility index (Phi) is 5.49. The van der Waals surface area contributed by atoms with Crippen LogP contribution >= 0.6 is 0 Å². The van der Waals surface area contributed by atoms with Crippen LogP contribution in [0.25, 0.3) is 0 Å². The Morgan fingerprint density at radius 1 is 1.47 bits per heavy atom. The summed E-state index contributed by atoms with van der Waals surface area (Å²) >= 11 is 0. The summed E-state index contributed by atoms with van der Waals surface area (Å²) in [4.78, 5) is 11.4. The highest BCUT2D eigenvalue weighted by atomic mass is 32.2. The summed E-state index contributed by atoms with van der Waals surface area (Å²) in [6.45, 7) is 5.13. The number of carbonyl (C=O) groups is 1. The molecule has 0 N–H and O–H groups in total. The van der Waals surface area contributed by atoms with Crippen LogP contribution in [0.15, 0.2) is 10.6 Å².